The van der Waals surface area contributed by atoms with Gasteiger partial charge in [0.05, 0.1) is 5.39 Å². The van der Waals surface area contributed by atoms with Crippen LogP contribution in [-0.4, -0.2) is 15.0 Å². The third kappa shape index (κ3) is 2.45. The second-order valence-corrected chi connectivity index (χ2v) is 6.21. The summed E-state index contributed by atoms with van der Waals surface area (Å²) in [6, 6.07) is 11.9. The fraction of sp³-hybridized carbons (Fsp3) is 0.0556. The van der Waals surface area contributed by atoms with Gasteiger partial charge in [0.25, 0.3) is 5.56 Å². The Hall–Kier alpha value is -2.79. The molecule has 1 aromatic carbocycles. The van der Waals surface area contributed by atoms with Crippen molar-refractivity contribution in [3.8, 4) is 22.5 Å². The molecule has 0 aliphatic rings. The number of pyridine rings is 1. The van der Waals surface area contributed by atoms with E-state index in [1.165, 1.54) is 16.9 Å². The molecule has 0 unspecified atom stereocenters. The van der Waals surface area contributed by atoms with Crippen molar-refractivity contribution in [1.29, 1.82) is 0 Å². The molecule has 0 aliphatic heterocycles. The van der Waals surface area contributed by atoms with Crippen molar-refractivity contribution < 1.29 is 0 Å². The van der Waals surface area contributed by atoms with Crippen LogP contribution in [0.5, 0.6) is 0 Å². The molecule has 0 spiro atoms. The van der Waals surface area contributed by atoms with Crippen LogP contribution in [0.4, 0.5) is 0 Å². The molecule has 0 amide bonds. The minimum absolute atomic E-state index is 0.120. The smallest absolute Gasteiger partial charge is 0.260 e. The minimum Gasteiger partial charge on any atom is -0.306 e. The number of thiophene rings is 1. The monoisotopic (exact) mass is 319 g/mol. The van der Waals surface area contributed by atoms with Crippen molar-refractivity contribution >= 4 is 21.6 Å². The van der Waals surface area contributed by atoms with E-state index in [2.05, 4.69) is 15.0 Å². The fourth-order valence-corrected chi connectivity index (χ4v) is 3.48. The van der Waals surface area contributed by atoms with Gasteiger partial charge in [-0.3, -0.25) is 9.78 Å². The Morgan fingerprint density at radius 1 is 1.09 bits per heavy atom. The summed E-state index contributed by atoms with van der Waals surface area (Å²) in [5.41, 5.74) is 3.83. The van der Waals surface area contributed by atoms with Crippen LogP contribution in [0.1, 0.15) is 5.56 Å². The molecule has 0 saturated carbocycles. The first-order valence-corrected chi connectivity index (χ1v) is 8.09. The average Bonchev–Trinajstić information content (AvgIpc) is 3.01. The number of benzene rings is 1. The highest BCUT2D eigenvalue weighted by atomic mass is 32.1. The van der Waals surface area contributed by atoms with Crippen LogP contribution >= 0.6 is 11.3 Å². The summed E-state index contributed by atoms with van der Waals surface area (Å²) < 4.78 is 0. The Kier molecular flexibility index (Phi) is 3.28. The number of rotatable bonds is 2. The standard InChI is InChI=1S/C18H13N3OS/c1-11-4-6-12(7-5-11)14-10-23-18-15(14)17(22)20-16(21-18)13-3-2-8-19-9-13/h2-10H,1H3,(H,20,21,22). The van der Waals surface area contributed by atoms with E-state index in [9.17, 15) is 4.79 Å². The second kappa shape index (κ2) is 5.44. The first-order valence-electron chi connectivity index (χ1n) is 7.21. The van der Waals surface area contributed by atoms with E-state index in [0.717, 1.165) is 21.5 Å². The van der Waals surface area contributed by atoms with Gasteiger partial charge in [-0.05, 0) is 24.6 Å². The van der Waals surface area contributed by atoms with Crippen molar-refractivity contribution in [2.75, 3.05) is 0 Å². The SMILES string of the molecule is Cc1ccc(-c2csc3nc(-c4cccnc4)[nH]c(=O)c23)cc1. The highest BCUT2D eigenvalue weighted by Gasteiger charge is 2.13. The lowest BCUT2D eigenvalue weighted by molar-refractivity contribution is 1.17. The Balaban J connectivity index is 1.91. The summed E-state index contributed by atoms with van der Waals surface area (Å²) in [6.45, 7) is 2.05. The topological polar surface area (TPSA) is 58.6 Å². The maximum absolute atomic E-state index is 12.6. The molecule has 23 heavy (non-hydrogen) atoms. The molecule has 4 nitrogen and oxygen atoms in total. The van der Waals surface area contributed by atoms with Crippen molar-refractivity contribution in [3.63, 3.8) is 0 Å². The quantitative estimate of drug-likeness (QED) is 0.607. The highest BCUT2D eigenvalue weighted by Crippen LogP contribution is 2.31. The number of aryl methyl sites for hydroxylation is 1. The zero-order chi connectivity index (χ0) is 15.8. The van der Waals surface area contributed by atoms with Crippen LogP contribution in [0, 0.1) is 6.92 Å². The molecule has 0 radical (unpaired) electrons. The summed E-state index contributed by atoms with van der Waals surface area (Å²) in [5.74, 6) is 0.549. The van der Waals surface area contributed by atoms with Crippen molar-refractivity contribution in [3.05, 3.63) is 70.1 Å². The summed E-state index contributed by atoms with van der Waals surface area (Å²) in [4.78, 5) is 24.9. The lowest BCUT2D eigenvalue weighted by atomic mass is 10.1. The number of hydrogen-bond donors (Lipinski definition) is 1. The third-order valence-corrected chi connectivity index (χ3v) is 4.61. The summed E-state index contributed by atoms with van der Waals surface area (Å²) in [7, 11) is 0. The molecule has 3 aromatic heterocycles. The molecular formula is C18H13N3OS. The normalized spacial score (nSPS) is 11.0. The summed E-state index contributed by atoms with van der Waals surface area (Å²) >= 11 is 1.48. The van der Waals surface area contributed by atoms with Crippen LogP contribution in [0.3, 0.4) is 0 Å². The zero-order valence-electron chi connectivity index (χ0n) is 12.4. The van der Waals surface area contributed by atoms with Gasteiger partial charge in [0.1, 0.15) is 10.7 Å². The lowest BCUT2D eigenvalue weighted by Crippen LogP contribution is -2.09. The van der Waals surface area contributed by atoms with Crippen LogP contribution in [0.15, 0.2) is 59.0 Å². The first-order chi connectivity index (χ1) is 11.2. The van der Waals surface area contributed by atoms with Crippen molar-refractivity contribution in [2.45, 2.75) is 6.92 Å². The Labute approximate surface area is 136 Å². The number of nitrogens with one attached hydrogen (secondary N) is 1. The van der Waals surface area contributed by atoms with Gasteiger partial charge in [-0.2, -0.15) is 0 Å². The lowest BCUT2D eigenvalue weighted by Gasteiger charge is -2.02. The molecule has 1 N–H and O–H groups in total. The van der Waals surface area contributed by atoms with Crippen LogP contribution in [0.2, 0.25) is 0 Å². The molecule has 4 rings (SSSR count). The van der Waals surface area contributed by atoms with Crippen molar-refractivity contribution in [1.82, 2.24) is 15.0 Å². The first kappa shape index (κ1) is 13.8. The van der Waals surface area contributed by atoms with E-state index < -0.39 is 0 Å². The molecule has 0 atom stereocenters. The van der Waals surface area contributed by atoms with Gasteiger partial charge < -0.3 is 4.98 Å². The summed E-state index contributed by atoms with van der Waals surface area (Å²) in [6.07, 6.45) is 3.39. The van der Waals surface area contributed by atoms with Gasteiger partial charge in [0.15, 0.2) is 0 Å². The number of aromatic nitrogens is 3. The molecule has 0 aliphatic carbocycles. The Bertz CT molecular complexity index is 1030. The molecule has 5 heteroatoms. The van der Waals surface area contributed by atoms with Crippen LogP contribution in [-0.2, 0) is 0 Å². The maximum atomic E-state index is 12.6. The van der Waals surface area contributed by atoms with Gasteiger partial charge in [-0.1, -0.05) is 29.8 Å². The molecule has 4 aromatic rings. The number of H-pyrrole nitrogens is 1. The van der Waals surface area contributed by atoms with Gasteiger partial charge in [0, 0.05) is 28.9 Å². The number of fused-ring (bicyclic) bond motifs is 1. The Morgan fingerprint density at radius 3 is 2.65 bits per heavy atom. The van der Waals surface area contributed by atoms with E-state index in [4.69, 9.17) is 0 Å². The summed E-state index contributed by atoms with van der Waals surface area (Å²) in [5, 5.41) is 2.64. The predicted molar refractivity (Wildman–Crippen MR) is 93.6 cm³/mol. The highest BCUT2D eigenvalue weighted by molar-refractivity contribution is 7.17. The van der Waals surface area contributed by atoms with Gasteiger partial charge in [0.2, 0.25) is 0 Å². The number of nitrogens with zero attached hydrogens (tertiary/aromatic N) is 2. The number of hydrogen-bond acceptors (Lipinski definition) is 4. The maximum Gasteiger partial charge on any atom is 0.260 e. The van der Waals surface area contributed by atoms with Crippen molar-refractivity contribution in [2.24, 2.45) is 0 Å². The van der Waals surface area contributed by atoms with E-state index >= 15 is 0 Å². The van der Waals surface area contributed by atoms with Gasteiger partial charge >= 0.3 is 0 Å². The van der Waals surface area contributed by atoms with Gasteiger partial charge in [-0.25, -0.2) is 4.98 Å². The van der Waals surface area contributed by atoms with Gasteiger partial charge in [-0.15, -0.1) is 11.3 Å². The molecule has 112 valence electrons. The molecule has 0 fully saturated rings. The van der Waals surface area contributed by atoms with Crippen LogP contribution < -0.4 is 5.56 Å². The fourth-order valence-electron chi connectivity index (χ4n) is 2.53. The third-order valence-electron chi connectivity index (χ3n) is 3.74. The van der Waals surface area contributed by atoms with E-state index in [1.807, 2.05) is 48.7 Å². The second-order valence-electron chi connectivity index (χ2n) is 5.35. The molecule has 0 saturated heterocycles. The minimum atomic E-state index is -0.120. The molecule has 3 heterocycles. The van der Waals surface area contributed by atoms with E-state index in [-0.39, 0.29) is 5.56 Å². The zero-order valence-corrected chi connectivity index (χ0v) is 13.2. The van der Waals surface area contributed by atoms with E-state index in [1.54, 1.807) is 12.4 Å². The Morgan fingerprint density at radius 2 is 1.91 bits per heavy atom. The molecular weight excluding hydrogens is 306 g/mol. The predicted octanol–water partition coefficient (Wildman–Crippen LogP) is 4.02. The average molecular weight is 319 g/mol. The largest absolute Gasteiger partial charge is 0.306 e. The van der Waals surface area contributed by atoms with E-state index in [0.29, 0.717) is 11.2 Å². The number of aromatic amines is 1. The van der Waals surface area contributed by atoms with Crippen LogP contribution in [0.25, 0.3) is 32.7 Å². The molecule has 0 bridgehead atoms.